The van der Waals surface area contributed by atoms with Crippen molar-refractivity contribution in [2.45, 2.75) is 25.9 Å². The van der Waals surface area contributed by atoms with Crippen molar-refractivity contribution < 1.29 is 18.0 Å². The molecule has 0 radical (unpaired) electrons. The van der Waals surface area contributed by atoms with Crippen LogP contribution in [0.1, 0.15) is 30.9 Å². The van der Waals surface area contributed by atoms with E-state index in [-0.39, 0.29) is 12.2 Å². The minimum absolute atomic E-state index is 0.000813. The topological polar surface area (TPSA) is 78.9 Å². The molecule has 0 heterocycles. The number of nitriles is 1. The molecule has 4 nitrogen and oxygen atoms in total. The summed E-state index contributed by atoms with van der Waals surface area (Å²) >= 11 is 0. The maximum absolute atomic E-state index is 12.8. The number of alkyl halides is 3. The van der Waals surface area contributed by atoms with Gasteiger partial charge in [0.2, 0.25) is 5.91 Å². The number of rotatable bonds is 5. The molecule has 0 fully saturated rings. The summed E-state index contributed by atoms with van der Waals surface area (Å²) in [6, 6.07) is 4.55. The third kappa shape index (κ3) is 4.46. The average Bonchev–Trinajstić information content (AvgIpc) is 2.43. The molecule has 0 aromatic heterocycles. The maximum atomic E-state index is 12.8. The van der Waals surface area contributed by atoms with E-state index in [1.165, 1.54) is 12.1 Å². The third-order valence-corrected chi connectivity index (χ3v) is 3.01. The summed E-state index contributed by atoms with van der Waals surface area (Å²) in [4.78, 5) is 11.9. The average molecular weight is 299 g/mol. The van der Waals surface area contributed by atoms with Crippen molar-refractivity contribution in [3.05, 3.63) is 29.3 Å². The van der Waals surface area contributed by atoms with Crippen LogP contribution < -0.4 is 11.1 Å². The molecule has 21 heavy (non-hydrogen) atoms. The van der Waals surface area contributed by atoms with Crippen LogP contribution in [0.15, 0.2) is 18.2 Å². The number of carbonyl (C=O) groups excluding carboxylic acids is 1. The summed E-state index contributed by atoms with van der Waals surface area (Å²) in [5.74, 6) is -0.864. The quantitative estimate of drug-likeness (QED) is 0.877. The van der Waals surface area contributed by atoms with Gasteiger partial charge < -0.3 is 11.1 Å². The van der Waals surface area contributed by atoms with Gasteiger partial charge in [-0.1, -0.05) is 13.3 Å². The standard InChI is InChI=1S/C14H16F3N3O/c1-2-3-10(8-19)13(21)20-11-5-4-9(7-18)12(6-11)14(15,16)17/h4-6,10H,2-3,8,19H2,1H3,(H,20,21). The first-order valence-electron chi connectivity index (χ1n) is 6.45. The summed E-state index contributed by atoms with van der Waals surface area (Å²) in [7, 11) is 0. The van der Waals surface area contributed by atoms with Gasteiger partial charge in [-0.25, -0.2) is 0 Å². The Balaban J connectivity index is 3.01. The van der Waals surface area contributed by atoms with Crippen molar-refractivity contribution in [1.29, 1.82) is 5.26 Å². The second-order valence-corrected chi connectivity index (χ2v) is 4.58. The van der Waals surface area contributed by atoms with E-state index >= 15 is 0 Å². The molecule has 1 unspecified atom stereocenters. The first kappa shape index (κ1) is 17.0. The fourth-order valence-corrected chi connectivity index (χ4v) is 1.90. The summed E-state index contributed by atoms with van der Waals surface area (Å²) in [6.45, 7) is 2.02. The minimum Gasteiger partial charge on any atom is -0.330 e. The van der Waals surface area contributed by atoms with Crippen LogP contribution in [0, 0.1) is 17.2 Å². The van der Waals surface area contributed by atoms with Crippen LogP contribution in [0.2, 0.25) is 0 Å². The molecule has 3 N–H and O–H groups in total. The molecule has 0 aliphatic heterocycles. The van der Waals surface area contributed by atoms with Gasteiger partial charge in [0.25, 0.3) is 0 Å². The molecular formula is C14H16F3N3O. The fourth-order valence-electron chi connectivity index (χ4n) is 1.90. The second-order valence-electron chi connectivity index (χ2n) is 4.58. The first-order chi connectivity index (χ1) is 9.83. The number of halogens is 3. The fraction of sp³-hybridized carbons (Fsp3) is 0.429. The molecule has 1 rings (SSSR count). The zero-order valence-electron chi connectivity index (χ0n) is 11.5. The Morgan fingerprint density at radius 1 is 1.48 bits per heavy atom. The van der Waals surface area contributed by atoms with Crippen LogP contribution in [0.4, 0.5) is 18.9 Å². The van der Waals surface area contributed by atoms with Crippen molar-refractivity contribution in [3.63, 3.8) is 0 Å². The number of anilines is 1. The van der Waals surface area contributed by atoms with Crippen molar-refractivity contribution in [2.75, 3.05) is 11.9 Å². The molecule has 0 saturated carbocycles. The number of nitrogens with zero attached hydrogens (tertiary/aromatic N) is 1. The Hall–Kier alpha value is -2.07. The molecule has 1 atom stereocenters. The van der Waals surface area contributed by atoms with Gasteiger partial charge in [-0.05, 0) is 24.6 Å². The lowest BCUT2D eigenvalue weighted by Crippen LogP contribution is -2.29. The number of amides is 1. The Morgan fingerprint density at radius 2 is 2.14 bits per heavy atom. The van der Waals surface area contributed by atoms with Gasteiger partial charge in [0.15, 0.2) is 0 Å². The Labute approximate surface area is 120 Å². The van der Waals surface area contributed by atoms with Crippen LogP contribution in [0.25, 0.3) is 0 Å². The summed E-state index contributed by atoms with van der Waals surface area (Å²) < 4.78 is 38.4. The second kappa shape index (κ2) is 7.09. The number of hydrogen-bond donors (Lipinski definition) is 2. The number of hydrogen-bond acceptors (Lipinski definition) is 3. The van der Waals surface area contributed by atoms with Gasteiger partial charge in [-0.15, -0.1) is 0 Å². The number of nitrogens with two attached hydrogens (primary N) is 1. The predicted molar refractivity (Wildman–Crippen MR) is 72.2 cm³/mol. The minimum atomic E-state index is -4.65. The van der Waals surface area contributed by atoms with E-state index in [4.69, 9.17) is 11.0 Å². The van der Waals surface area contributed by atoms with Crippen LogP contribution in [0.5, 0.6) is 0 Å². The Morgan fingerprint density at radius 3 is 2.62 bits per heavy atom. The van der Waals surface area contributed by atoms with Crippen molar-refractivity contribution in [3.8, 4) is 6.07 Å². The van der Waals surface area contributed by atoms with Gasteiger partial charge >= 0.3 is 6.18 Å². The van der Waals surface area contributed by atoms with Crippen LogP contribution in [-0.4, -0.2) is 12.5 Å². The predicted octanol–water partition coefficient (Wildman–Crippen LogP) is 2.89. The van der Waals surface area contributed by atoms with E-state index in [2.05, 4.69) is 5.32 Å². The van der Waals surface area contributed by atoms with Gasteiger partial charge in [0, 0.05) is 12.2 Å². The summed E-state index contributed by atoms with van der Waals surface area (Å²) in [6.07, 6.45) is -3.34. The molecule has 114 valence electrons. The van der Waals surface area contributed by atoms with Crippen molar-refractivity contribution in [2.24, 2.45) is 11.7 Å². The Kier molecular flexibility index (Phi) is 5.73. The molecule has 0 saturated heterocycles. The van der Waals surface area contributed by atoms with Crippen LogP contribution in [-0.2, 0) is 11.0 Å². The van der Waals surface area contributed by atoms with Crippen molar-refractivity contribution in [1.82, 2.24) is 0 Å². The molecule has 0 spiro atoms. The van der Waals surface area contributed by atoms with Crippen LogP contribution >= 0.6 is 0 Å². The normalized spacial score (nSPS) is 12.6. The first-order valence-corrected chi connectivity index (χ1v) is 6.45. The van der Waals surface area contributed by atoms with Gasteiger partial charge in [0.1, 0.15) is 0 Å². The van der Waals surface area contributed by atoms with Crippen LogP contribution in [0.3, 0.4) is 0 Å². The highest BCUT2D eigenvalue weighted by Gasteiger charge is 2.34. The van der Waals surface area contributed by atoms with Gasteiger partial charge in [-0.3, -0.25) is 4.79 Å². The lowest BCUT2D eigenvalue weighted by molar-refractivity contribution is -0.137. The zero-order valence-corrected chi connectivity index (χ0v) is 11.5. The summed E-state index contributed by atoms with van der Waals surface area (Å²) in [5.41, 5.74) is 3.93. The highest BCUT2D eigenvalue weighted by Crippen LogP contribution is 2.33. The molecule has 7 heteroatoms. The van der Waals surface area contributed by atoms with Crippen molar-refractivity contribution >= 4 is 11.6 Å². The zero-order chi connectivity index (χ0) is 16.0. The van der Waals surface area contributed by atoms with E-state index in [1.807, 2.05) is 6.92 Å². The number of benzene rings is 1. The van der Waals surface area contributed by atoms with E-state index in [0.29, 0.717) is 6.42 Å². The maximum Gasteiger partial charge on any atom is 0.417 e. The van der Waals surface area contributed by atoms with E-state index in [0.717, 1.165) is 18.6 Å². The van der Waals surface area contributed by atoms with Gasteiger partial charge in [-0.2, -0.15) is 18.4 Å². The summed E-state index contributed by atoms with van der Waals surface area (Å²) in [5, 5.41) is 11.1. The number of nitrogens with one attached hydrogen (secondary N) is 1. The molecular weight excluding hydrogens is 283 g/mol. The molecule has 0 aliphatic carbocycles. The SMILES string of the molecule is CCCC(CN)C(=O)Nc1ccc(C#N)c(C(F)(F)F)c1. The Bertz CT molecular complexity index is 549. The lowest BCUT2D eigenvalue weighted by atomic mass is 10.0. The molecule has 1 aromatic rings. The van der Waals surface area contributed by atoms with E-state index in [1.54, 1.807) is 0 Å². The number of carbonyl (C=O) groups is 1. The lowest BCUT2D eigenvalue weighted by Gasteiger charge is -2.15. The van der Waals surface area contributed by atoms with Gasteiger partial charge in [0.05, 0.1) is 23.1 Å². The van der Waals surface area contributed by atoms with E-state index in [9.17, 15) is 18.0 Å². The molecule has 1 amide bonds. The molecule has 0 aliphatic rings. The monoisotopic (exact) mass is 299 g/mol. The molecule has 0 bridgehead atoms. The highest BCUT2D eigenvalue weighted by molar-refractivity contribution is 5.92. The largest absolute Gasteiger partial charge is 0.417 e. The van der Waals surface area contributed by atoms with E-state index < -0.39 is 29.1 Å². The highest BCUT2D eigenvalue weighted by atomic mass is 19.4. The molecule has 1 aromatic carbocycles. The third-order valence-electron chi connectivity index (χ3n) is 3.01. The smallest absolute Gasteiger partial charge is 0.330 e.